The predicted molar refractivity (Wildman–Crippen MR) is 118 cm³/mol. The number of ether oxygens (including phenoxy) is 1. The molecule has 3 aromatic carbocycles. The molecular formula is C24H19N3O4. The van der Waals surface area contributed by atoms with Gasteiger partial charge in [-0.2, -0.15) is 5.26 Å². The summed E-state index contributed by atoms with van der Waals surface area (Å²) in [5.74, 6) is 0.253. The molecule has 0 aliphatic heterocycles. The van der Waals surface area contributed by atoms with Crippen LogP contribution in [0.4, 0.5) is 11.4 Å². The minimum Gasteiger partial charge on any atom is -0.484 e. The number of benzene rings is 3. The maximum Gasteiger partial charge on any atom is 0.269 e. The third kappa shape index (κ3) is 6.02. The average molecular weight is 413 g/mol. The van der Waals surface area contributed by atoms with E-state index in [0.29, 0.717) is 22.6 Å². The summed E-state index contributed by atoms with van der Waals surface area (Å²) < 4.78 is 5.51. The van der Waals surface area contributed by atoms with Gasteiger partial charge in [0.1, 0.15) is 5.75 Å². The number of rotatable bonds is 7. The van der Waals surface area contributed by atoms with E-state index in [1.54, 1.807) is 30.3 Å². The maximum atomic E-state index is 12.0. The third-order valence-corrected chi connectivity index (χ3v) is 4.41. The molecule has 0 heterocycles. The lowest BCUT2D eigenvalue weighted by Gasteiger charge is -2.08. The van der Waals surface area contributed by atoms with Crippen LogP contribution < -0.4 is 10.1 Å². The minimum atomic E-state index is -0.487. The molecule has 154 valence electrons. The van der Waals surface area contributed by atoms with Gasteiger partial charge in [0.05, 0.1) is 16.6 Å². The Morgan fingerprint density at radius 3 is 2.29 bits per heavy atom. The standard InChI is InChI=1S/C24H19N3O4/c1-17-2-8-21(9-3-17)26-24(28)16-31-23-12-4-18(5-13-23)14-20(15-25)19-6-10-22(11-7-19)27(29)30/h2-14H,16H2,1H3,(H,26,28)/b20-14-. The molecule has 0 saturated carbocycles. The third-order valence-electron chi connectivity index (χ3n) is 4.41. The molecule has 0 aliphatic carbocycles. The molecule has 7 nitrogen and oxygen atoms in total. The van der Waals surface area contributed by atoms with Gasteiger partial charge in [0, 0.05) is 17.8 Å². The number of amides is 1. The Kier molecular flexibility index (Phi) is 6.76. The highest BCUT2D eigenvalue weighted by Gasteiger charge is 2.07. The van der Waals surface area contributed by atoms with Crippen molar-refractivity contribution in [2.45, 2.75) is 6.92 Å². The Bertz CT molecular complexity index is 1140. The van der Waals surface area contributed by atoms with E-state index in [1.165, 1.54) is 24.3 Å². The predicted octanol–water partition coefficient (Wildman–Crippen LogP) is 4.98. The molecule has 0 unspecified atom stereocenters. The van der Waals surface area contributed by atoms with Crippen molar-refractivity contribution in [1.82, 2.24) is 0 Å². The van der Waals surface area contributed by atoms with Crippen molar-refractivity contribution in [3.8, 4) is 11.8 Å². The van der Waals surface area contributed by atoms with E-state index in [4.69, 9.17) is 4.74 Å². The molecule has 0 fully saturated rings. The second kappa shape index (κ2) is 9.85. The number of nitrogens with one attached hydrogen (secondary N) is 1. The molecule has 31 heavy (non-hydrogen) atoms. The zero-order chi connectivity index (χ0) is 22.2. The average Bonchev–Trinajstić information content (AvgIpc) is 2.78. The maximum absolute atomic E-state index is 12.0. The molecule has 0 radical (unpaired) electrons. The first-order valence-electron chi connectivity index (χ1n) is 9.40. The first-order valence-corrected chi connectivity index (χ1v) is 9.40. The van der Waals surface area contributed by atoms with Crippen molar-refractivity contribution in [3.63, 3.8) is 0 Å². The Hall–Kier alpha value is -4.44. The number of aryl methyl sites for hydroxylation is 1. The SMILES string of the molecule is Cc1ccc(NC(=O)COc2ccc(/C=C(/C#N)c3ccc([N+](=O)[O-])cc3)cc2)cc1. The smallest absolute Gasteiger partial charge is 0.269 e. The summed E-state index contributed by atoms with van der Waals surface area (Å²) in [6, 6.07) is 22.3. The number of nitro benzene ring substituents is 1. The molecule has 3 aromatic rings. The Morgan fingerprint density at radius 2 is 1.71 bits per heavy atom. The number of nitro groups is 1. The van der Waals surface area contributed by atoms with Crippen LogP contribution in [0.1, 0.15) is 16.7 Å². The number of nitriles is 1. The lowest BCUT2D eigenvalue weighted by atomic mass is 10.0. The van der Waals surface area contributed by atoms with Crippen LogP contribution in [0.15, 0.2) is 72.8 Å². The zero-order valence-electron chi connectivity index (χ0n) is 16.7. The summed E-state index contributed by atoms with van der Waals surface area (Å²) in [7, 11) is 0. The number of nitrogens with zero attached hydrogens (tertiary/aromatic N) is 2. The van der Waals surface area contributed by atoms with E-state index in [-0.39, 0.29) is 18.2 Å². The Morgan fingerprint density at radius 1 is 1.06 bits per heavy atom. The van der Waals surface area contributed by atoms with Crippen molar-refractivity contribution in [2.75, 3.05) is 11.9 Å². The van der Waals surface area contributed by atoms with Crippen LogP contribution in [-0.2, 0) is 4.79 Å². The molecule has 0 saturated heterocycles. The minimum absolute atomic E-state index is 0.0334. The summed E-state index contributed by atoms with van der Waals surface area (Å²) in [6.45, 7) is 1.84. The van der Waals surface area contributed by atoms with Gasteiger partial charge in [-0.25, -0.2) is 0 Å². The number of anilines is 1. The number of non-ortho nitro benzene ring substituents is 1. The van der Waals surface area contributed by atoms with Crippen LogP contribution >= 0.6 is 0 Å². The van der Waals surface area contributed by atoms with Gasteiger partial charge in [0.15, 0.2) is 6.61 Å². The largest absolute Gasteiger partial charge is 0.484 e. The summed E-state index contributed by atoms with van der Waals surface area (Å²) >= 11 is 0. The van der Waals surface area contributed by atoms with Gasteiger partial charge in [-0.1, -0.05) is 29.8 Å². The summed E-state index contributed by atoms with van der Waals surface area (Å²) in [6.07, 6.45) is 1.68. The van der Waals surface area contributed by atoms with Crippen LogP contribution in [0.3, 0.4) is 0 Å². The number of hydrogen-bond donors (Lipinski definition) is 1. The second-order valence-electron chi connectivity index (χ2n) is 6.75. The summed E-state index contributed by atoms with van der Waals surface area (Å²) in [5.41, 5.74) is 3.49. The highest BCUT2D eigenvalue weighted by atomic mass is 16.6. The zero-order valence-corrected chi connectivity index (χ0v) is 16.7. The normalized spacial score (nSPS) is 10.8. The number of carbonyl (C=O) groups is 1. The van der Waals surface area contributed by atoms with Gasteiger partial charge in [-0.3, -0.25) is 14.9 Å². The van der Waals surface area contributed by atoms with Gasteiger partial charge in [-0.05, 0) is 60.5 Å². The van der Waals surface area contributed by atoms with Crippen LogP contribution in [0.5, 0.6) is 5.75 Å². The van der Waals surface area contributed by atoms with Crippen LogP contribution in [0.2, 0.25) is 0 Å². The fourth-order valence-corrected chi connectivity index (χ4v) is 2.75. The van der Waals surface area contributed by atoms with Crippen molar-refractivity contribution in [2.24, 2.45) is 0 Å². The van der Waals surface area contributed by atoms with E-state index in [9.17, 15) is 20.2 Å². The van der Waals surface area contributed by atoms with Crippen molar-refractivity contribution in [3.05, 3.63) is 99.6 Å². The second-order valence-corrected chi connectivity index (χ2v) is 6.75. The van der Waals surface area contributed by atoms with E-state index in [2.05, 4.69) is 11.4 Å². The van der Waals surface area contributed by atoms with E-state index in [0.717, 1.165) is 11.1 Å². The topological polar surface area (TPSA) is 105 Å². The van der Waals surface area contributed by atoms with Crippen LogP contribution in [0, 0.1) is 28.4 Å². The van der Waals surface area contributed by atoms with E-state index in [1.807, 2.05) is 31.2 Å². The summed E-state index contributed by atoms with van der Waals surface area (Å²) in [4.78, 5) is 22.3. The monoisotopic (exact) mass is 413 g/mol. The van der Waals surface area contributed by atoms with E-state index >= 15 is 0 Å². The Balaban J connectivity index is 1.60. The van der Waals surface area contributed by atoms with Crippen molar-refractivity contribution < 1.29 is 14.5 Å². The molecule has 3 rings (SSSR count). The first-order chi connectivity index (χ1) is 14.9. The first kappa shape index (κ1) is 21.3. The molecule has 7 heteroatoms. The molecule has 1 N–H and O–H groups in total. The molecule has 0 aromatic heterocycles. The van der Waals surface area contributed by atoms with E-state index < -0.39 is 4.92 Å². The fraction of sp³-hybridized carbons (Fsp3) is 0.0833. The van der Waals surface area contributed by atoms with Gasteiger partial charge >= 0.3 is 0 Å². The fourth-order valence-electron chi connectivity index (χ4n) is 2.75. The van der Waals surface area contributed by atoms with Crippen LogP contribution in [0.25, 0.3) is 11.6 Å². The highest BCUT2D eigenvalue weighted by Crippen LogP contribution is 2.22. The van der Waals surface area contributed by atoms with Gasteiger partial charge in [0.2, 0.25) is 0 Å². The molecule has 0 spiro atoms. The van der Waals surface area contributed by atoms with Crippen molar-refractivity contribution in [1.29, 1.82) is 5.26 Å². The highest BCUT2D eigenvalue weighted by molar-refractivity contribution is 5.92. The molecule has 0 aliphatic rings. The number of allylic oxidation sites excluding steroid dienone is 1. The Labute approximate surface area is 179 Å². The lowest BCUT2D eigenvalue weighted by molar-refractivity contribution is -0.384. The summed E-state index contributed by atoms with van der Waals surface area (Å²) in [5, 5.41) is 23.0. The molecule has 1 amide bonds. The number of carbonyl (C=O) groups excluding carboxylic acids is 1. The molecule has 0 atom stereocenters. The molecule has 0 bridgehead atoms. The van der Waals surface area contributed by atoms with Crippen molar-refractivity contribution >= 4 is 28.9 Å². The lowest BCUT2D eigenvalue weighted by Crippen LogP contribution is -2.20. The van der Waals surface area contributed by atoms with Gasteiger partial charge in [0.25, 0.3) is 11.6 Å². The quantitative estimate of drug-likeness (QED) is 0.254. The van der Waals surface area contributed by atoms with Gasteiger partial charge < -0.3 is 10.1 Å². The molecular weight excluding hydrogens is 394 g/mol. The number of hydrogen-bond acceptors (Lipinski definition) is 5. The van der Waals surface area contributed by atoms with Gasteiger partial charge in [-0.15, -0.1) is 0 Å². The van der Waals surface area contributed by atoms with Crippen LogP contribution in [-0.4, -0.2) is 17.4 Å².